The first-order chi connectivity index (χ1) is 8.70. The van der Waals surface area contributed by atoms with Gasteiger partial charge >= 0.3 is 5.97 Å². The number of carbonyl (C=O) groups is 1. The highest BCUT2D eigenvalue weighted by Crippen LogP contribution is 2.22. The first-order valence-electron chi connectivity index (χ1n) is 5.75. The van der Waals surface area contributed by atoms with E-state index >= 15 is 0 Å². The van der Waals surface area contributed by atoms with E-state index in [0.29, 0.717) is 24.2 Å². The number of hydrogen-bond acceptors (Lipinski definition) is 5. The highest BCUT2D eigenvalue weighted by atomic mass is 32.2. The average Bonchev–Trinajstić information content (AvgIpc) is 2.27. The fourth-order valence-corrected chi connectivity index (χ4v) is 2.31. The second-order valence-corrected chi connectivity index (χ2v) is 6.73. The SMILES string of the molecule is Cc1cc(NCCCS(C)(=O)=O)cc(C(=O)O)c1N. The van der Waals surface area contributed by atoms with Gasteiger partial charge < -0.3 is 16.2 Å². The van der Waals surface area contributed by atoms with Crippen molar-refractivity contribution in [2.45, 2.75) is 13.3 Å². The molecule has 0 saturated carbocycles. The Morgan fingerprint density at radius 2 is 2.05 bits per heavy atom. The molecule has 1 aromatic rings. The molecule has 0 aromatic heterocycles. The Kier molecular flexibility index (Phi) is 4.77. The van der Waals surface area contributed by atoms with Crippen LogP contribution in [0.3, 0.4) is 0 Å². The van der Waals surface area contributed by atoms with Gasteiger partial charge in [0.15, 0.2) is 0 Å². The summed E-state index contributed by atoms with van der Waals surface area (Å²) in [4.78, 5) is 11.0. The van der Waals surface area contributed by atoms with Gasteiger partial charge in [-0.25, -0.2) is 13.2 Å². The molecule has 0 radical (unpaired) electrons. The first-order valence-corrected chi connectivity index (χ1v) is 7.82. The van der Waals surface area contributed by atoms with Crippen molar-refractivity contribution in [3.63, 3.8) is 0 Å². The maximum atomic E-state index is 11.0. The maximum absolute atomic E-state index is 11.0. The molecule has 7 heteroatoms. The highest BCUT2D eigenvalue weighted by molar-refractivity contribution is 7.90. The van der Waals surface area contributed by atoms with Crippen LogP contribution in [0.1, 0.15) is 22.3 Å². The normalized spacial score (nSPS) is 11.3. The Morgan fingerprint density at radius 3 is 2.58 bits per heavy atom. The smallest absolute Gasteiger partial charge is 0.337 e. The van der Waals surface area contributed by atoms with Crippen molar-refractivity contribution < 1.29 is 18.3 Å². The van der Waals surface area contributed by atoms with Crippen LogP contribution in [0, 0.1) is 6.92 Å². The number of carboxylic acid groups (broad SMARTS) is 1. The molecule has 0 aliphatic heterocycles. The molecule has 0 fully saturated rings. The molecular formula is C12H18N2O4S. The Hall–Kier alpha value is -1.76. The molecule has 1 aromatic carbocycles. The van der Waals surface area contributed by atoms with Crippen molar-refractivity contribution in [1.82, 2.24) is 0 Å². The molecular weight excluding hydrogens is 268 g/mol. The second kappa shape index (κ2) is 5.92. The number of carboxylic acids is 1. The van der Waals surface area contributed by atoms with E-state index in [0.717, 1.165) is 0 Å². The molecule has 0 heterocycles. The molecule has 1 rings (SSSR count). The van der Waals surface area contributed by atoms with Crippen LogP contribution in [0.15, 0.2) is 12.1 Å². The standard InChI is InChI=1S/C12H18N2O4S/c1-8-6-9(7-10(11(8)13)12(15)16)14-4-3-5-19(2,17)18/h6-7,14H,3-5,13H2,1-2H3,(H,15,16). The van der Waals surface area contributed by atoms with Gasteiger partial charge in [-0.3, -0.25) is 0 Å². The van der Waals surface area contributed by atoms with E-state index < -0.39 is 15.8 Å². The Morgan fingerprint density at radius 1 is 1.42 bits per heavy atom. The van der Waals surface area contributed by atoms with Crippen LogP contribution in [-0.4, -0.2) is 38.0 Å². The summed E-state index contributed by atoms with van der Waals surface area (Å²) in [5.41, 5.74) is 7.26. The molecule has 0 aliphatic carbocycles. The number of rotatable bonds is 6. The van der Waals surface area contributed by atoms with Crippen molar-refractivity contribution in [3.05, 3.63) is 23.3 Å². The van der Waals surface area contributed by atoms with Crippen molar-refractivity contribution >= 4 is 27.2 Å². The van der Waals surface area contributed by atoms with Gasteiger partial charge in [0.1, 0.15) is 9.84 Å². The van der Waals surface area contributed by atoms with Gasteiger partial charge in [-0.2, -0.15) is 0 Å². The summed E-state index contributed by atoms with van der Waals surface area (Å²) in [7, 11) is -2.97. The van der Waals surface area contributed by atoms with Crippen LogP contribution in [0.25, 0.3) is 0 Å². The largest absolute Gasteiger partial charge is 0.478 e. The zero-order valence-electron chi connectivity index (χ0n) is 10.9. The van der Waals surface area contributed by atoms with Gasteiger partial charge in [0.2, 0.25) is 0 Å². The van der Waals surface area contributed by atoms with Gasteiger partial charge in [-0.15, -0.1) is 0 Å². The molecule has 0 atom stereocenters. The van der Waals surface area contributed by atoms with E-state index in [1.165, 1.54) is 12.3 Å². The summed E-state index contributed by atoms with van der Waals surface area (Å²) in [6, 6.07) is 3.19. The number of anilines is 2. The van der Waals surface area contributed by atoms with Gasteiger partial charge in [0, 0.05) is 24.2 Å². The molecule has 0 bridgehead atoms. The minimum atomic E-state index is -2.97. The molecule has 0 amide bonds. The van der Waals surface area contributed by atoms with E-state index in [-0.39, 0.29) is 17.0 Å². The van der Waals surface area contributed by atoms with Crippen LogP contribution in [0.4, 0.5) is 11.4 Å². The van der Waals surface area contributed by atoms with Crippen LogP contribution < -0.4 is 11.1 Å². The number of benzene rings is 1. The second-order valence-electron chi connectivity index (χ2n) is 4.47. The van der Waals surface area contributed by atoms with Crippen molar-refractivity contribution in [2.75, 3.05) is 29.6 Å². The van der Waals surface area contributed by atoms with E-state index in [1.807, 2.05) is 0 Å². The fraction of sp³-hybridized carbons (Fsp3) is 0.417. The molecule has 0 aliphatic rings. The zero-order chi connectivity index (χ0) is 14.6. The number of hydrogen-bond donors (Lipinski definition) is 3. The molecule has 4 N–H and O–H groups in total. The van der Waals surface area contributed by atoms with Gasteiger partial charge in [0.25, 0.3) is 0 Å². The predicted molar refractivity (Wildman–Crippen MR) is 75.4 cm³/mol. The fourth-order valence-electron chi connectivity index (χ4n) is 1.64. The number of nitrogen functional groups attached to an aromatic ring is 1. The molecule has 106 valence electrons. The van der Waals surface area contributed by atoms with E-state index in [1.54, 1.807) is 13.0 Å². The van der Waals surface area contributed by atoms with Crippen molar-refractivity contribution in [3.8, 4) is 0 Å². The topological polar surface area (TPSA) is 109 Å². The number of sulfone groups is 1. The lowest BCUT2D eigenvalue weighted by Crippen LogP contribution is -2.11. The Bertz CT molecular complexity index is 582. The molecule has 0 spiro atoms. The lowest BCUT2D eigenvalue weighted by Gasteiger charge is -2.11. The third-order valence-electron chi connectivity index (χ3n) is 2.64. The first kappa shape index (κ1) is 15.3. The summed E-state index contributed by atoms with van der Waals surface area (Å²) in [6.45, 7) is 2.18. The summed E-state index contributed by atoms with van der Waals surface area (Å²) in [5.74, 6) is -0.986. The third-order valence-corrected chi connectivity index (χ3v) is 3.67. The van der Waals surface area contributed by atoms with E-state index in [9.17, 15) is 13.2 Å². The minimum Gasteiger partial charge on any atom is -0.478 e. The van der Waals surface area contributed by atoms with Crippen molar-refractivity contribution in [1.29, 1.82) is 0 Å². The van der Waals surface area contributed by atoms with Crippen LogP contribution >= 0.6 is 0 Å². The monoisotopic (exact) mass is 286 g/mol. The Balaban J connectivity index is 2.72. The summed E-state index contributed by atoms with van der Waals surface area (Å²) >= 11 is 0. The van der Waals surface area contributed by atoms with Gasteiger partial charge in [-0.05, 0) is 31.0 Å². The third kappa shape index (κ3) is 4.78. The van der Waals surface area contributed by atoms with Crippen LogP contribution in [0.2, 0.25) is 0 Å². The molecule has 19 heavy (non-hydrogen) atoms. The molecule has 0 unspecified atom stereocenters. The predicted octanol–water partition coefficient (Wildman–Crippen LogP) is 1.12. The minimum absolute atomic E-state index is 0.0469. The number of nitrogens with one attached hydrogen (secondary N) is 1. The van der Waals surface area contributed by atoms with E-state index in [4.69, 9.17) is 10.8 Å². The lowest BCUT2D eigenvalue weighted by molar-refractivity contribution is 0.0698. The van der Waals surface area contributed by atoms with Gasteiger partial charge in [0.05, 0.1) is 11.3 Å². The molecule has 6 nitrogen and oxygen atoms in total. The van der Waals surface area contributed by atoms with E-state index in [2.05, 4.69) is 5.32 Å². The van der Waals surface area contributed by atoms with Crippen LogP contribution in [-0.2, 0) is 9.84 Å². The molecule has 0 saturated heterocycles. The lowest BCUT2D eigenvalue weighted by atomic mass is 10.1. The number of nitrogens with two attached hydrogens (primary N) is 1. The summed E-state index contributed by atoms with van der Waals surface area (Å²) < 4.78 is 21.9. The average molecular weight is 286 g/mol. The number of aromatic carboxylic acids is 1. The number of aryl methyl sites for hydroxylation is 1. The highest BCUT2D eigenvalue weighted by Gasteiger charge is 2.11. The summed E-state index contributed by atoms with van der Waals surface area (Å²) in [5, 5.41) is 12.0. The van der Waals surface area contributed by atoms with Crippen LogP contribution in [0.5, 0.6) is 0 Å². The van der Waals surface area contributed by atoms with Crippen molar-refractivity contribution in [2.24, 2.45) is 0 Å². The summed E-state index contributed by atoms with van der Waals surface area (Å²) in [6.07, 6.45) is 1.65. The maximum Gasteiger partial charge on any atom is 0.337 e. The Labute approximate surface area is 112 Å². The van der Waals surface area contributed by atoms with Gasteiger partial charge in [-0.1, -0.05) is 0 Å². The quantitative estimate of drug-likeness (QED) is 0.534. The zero-order valence-corrected chi connectivity index (χ0v) is 11.8.